The number of carbonyl (C=O) groups is 2. The molecule has 0 bridgehead atoms. The van der Waals surface area contributed by atoms with E-state index in [2.05, 4.69) is 23.5 Å². The van der Waals surface area contributed by atoms with E-state index < -0.39 is 6.04 Å². The van der Waals surface area contributed by atoms with Crippen LogP contribution in [0, 0.1) is 5.92 Å². The summed E-state index contributed by atoms with van der Waals surface area (Å²) in [7, 11) is 0. The summed E-state index contributed by atoms with van der Waals surface area (Å²) >= 11 is 0. The molecule has 1 saturated carbocycles. The molecule has 3 N–H and O–H groups in total. The van der Waals surface area contributed by atoms with Crippen molar-refractivity contribution < 1.29 is 9.59 Å². The average Bonchev–Trinajstić information content (AvgIpc) is 3.40. The summed E-state index contributed by atoms with van der Waals surface area (Å²) in [4.78, 5) is 29.2. The third-order valence-electron chi connectivity index (χ3n) is 7.73. The van der Waals surface area contributed by atoms with Gasteiger partial charge in [-0.2, -0.15) is 0 Å². The zero-order valence-corrected chi connectivity index (χ0v) is 18.8. The number of nitrogens with two attached hydrogens (primary N) is 1. The molecule has 0 aromatic heterocycles. The molecule has 2 aliphatic carbocycles. The van der Waals surface area contributed by atoms with Crippen LogP contribution < -0.4 is 11.1 Å². The largest absolute Gasteiger partial charge is 0.347 e. The maximum absolute atomic E-state index is 13.7. The predicted molar refractivity (Wildman–Crippen MR) is 125 cm³/mol. The van der Waals surface area contributed by atoms with E-state index in [4.69, 9.17) is 5.73 Å². The second kappa shape index (κ2) is 8.70. The van der Waals surface area contributed by atoms with Gasteiger partial charge in [0.15, 0.2) is 0 Å². The molecule has 3 unspecified atom stereocenters. The van der Waals surface area contributed by atoms with Gasteiger partial charge in [-0.25, -0.2) is 0 Å². The highest BCUT2D eigenvalue weighted by molar-refractivity contribution is 5.98. The van der Waals surface area contributed by atoms with Crippen molar-refractivity contribution in [1.29, 1.82) is 0 Å². The number of benzene rings is 2. The van der Waals surface area contributed by atoms with Crippen LogP contribution in [0.4, 0.5) is 0 Å². The highest BCUT2D eigenvalue weighted by Crippen LogP contribution is 2.41. The SMILES string of the molecule is CC(N)c1cccc(C(=O)N2C3CCCCC3C[C@H]2C(=O)N[C@@H]2CCc3ccccc32)c1. The fourth-order valence-electron chi connectivity index (χ4n) is 6.07. The molecule has 1 aliphatic heterocycles. The number of hydrogen-bond donors (Lipinski definition) is 2. The van der Waals surface area contributed by atoms with E-state index in [1.165, 1.54) is 17.5 Å². The van der Waals surface area contributed by atoms with Crippen molar-refractivity contribution in [1.82, 2.24) is 10.2 Å². The van der Waals surface area contributed by atoms with Crippen LogP contribution in [0.15, 0.2) is 48.5 Å². The van der Waals surface area contributed by atoms with E-state index in [0.717, 1.165) is 44.1 Å². The van der Waals surface area contributed by atoms with Gasteiger partial charge < -0.3 is 16.0 Å². The molecule has 5 nitrogen and oxygen atoms in total. The van der Waals surface area contributed by atoms with E-state index in [-0.39, 0.29) is 29.9 Å². The van der Waals surface area contributed by atoms with Gasteiger partial charge in [-0.15, -0.1) is 0 Å². The average molecular weight is 432 g/mol. The summed E-state index contributed by atoms with van der Waals surface area (Å²) in [5, 5.41) is 3.30. The Kier molecular flexibility index (Phi) is 5.76. The molecular weight excluding hydrogens is 398 g/mol. The first-order valence-corrected chi connectivity index (χ1v) is 12.1. The number of fused-ring (bicyclic) bond motifs is 2. The Labute approximate surface area is 190 Å². The lowest BCUT2D eigenvalue weighted by atomic mass is 9.84. The minimum absolute atomic E-state index is 0.00204. The van der Waals surface area contributed by atoms with E-state index >= 15 is 0 Å². The fourth-order valence-corrected chi connectivity index (χ4v) is 6.07. The standard InChI is InChI=1S/C27H33N3O2/c1-17(28)19-9-6-10-21(15-19)27(32)30-24-12-5-3-8-20(24)16-25(30)26(31)29-23-14-13-18-7-2-4-11-22(18)23/h2,4,6-7,9-11,15,17,20,23-25H,3,5,8,12-14,16,28H2,1H3,(H,29,31)/t17?,20?,23-,24?,25+/m1/s1. The molecule has 0 spiro atoms. The van der Waals surface area contributed by atoms with Gasteiger partial charge in [0.05, 0.1) is 6.04 Å². The Morgan fingerprint density at radius 2 is 1.88 bits per heavy atom. The Balaban J connectivity index is 1.41. The minimum atomic E-state index is -0.401. The molecule has 5 heteroatoms. The fraction of sp³-hybridized carbons (Fsp3) is 0.481. The van der Waals surface area contributed by atoms with Crippen LogP contribution in [-0.4, -0.2) is 28.8 Å². The third kappa shape index (κ3) is 3.83. The Morgan fingerprint density at radius 3 is 2.72 bits per heavy atom. The van der Waals surface area contributed by atoms with Gasteiger partial charge in [0.1, 0.15) is 6.04 Å². The lowest BCUT2D eigenvalue weighted by molar-refractivity contribution is -0.126. The number of hydrogen-bond acceptors (Lipinski definition) is 3. The van der Waals surface area contributed by atoms with Crippen molar-refractivity contribution in [2.75, 3.05) is 0 Å². The molecule has 0 radical (unpaired) electrons. The molecule has 2 aromatic carbocycles. The molecule has 5 rings (SSSR count). The molecule has 3 aliphatic rings. The quantitative estimate of drug-likeness (QED) is 0.759. The van der Waals surface area contributed by atoms with Gasteiger partial charge in [0.25, 0.3) is 5.91 Å². The molecule has 168 valence electrons. The normalized spacial score (nSPS) is 27.5. The second-order valence-corrected chi connectivity index (χ2v) is 9.79. The lowest BCUT2D eigenvalue weighted by Crippen LogP contribution is -2.50. The summed E-state index contributed by atoms with van der Waals surface area (Å²) < 4.78 is 0. The summed E-state index contributed by atoms with van der Waals surface area (Å²) in [6.07, 6.45) is 7.08. The van der Waals surface area contributed by atoms with E-state index in [9.17, 15) is 9.59 Å². The number of carbonyl (C=O) groups excluding carboxylic acids is 2. The maximum atomic E-state index is 13.7. The van der Waals surface area contributed by atoms with Crippen LogP contribution >= 0.6 is 0 Å². The van der Waals surface area contributed by atoms with Crippen LogP contribution in [0.25, 0.3) is 0 Å². The number of likely N-dealkylation sites (tertiary alicyclic amines) is 1. The number of aryl methyl sites for hydroxylation is 1. The van der Waals surface area contributed by atoms with Gasteiger partial charge in [0, 0.05) is 17.6 Å². The summed E-state index contributed by atoms with van der Waals surface area (Å²) in [6, 6.07) is 15.6. The van der Waals surface area contributed by atoms with Crippen molar-refractivity contribution >= 4 is 11.8 Å². The Hall–Kier alpha value is -2.66. The number of rotatable bonds is 4. The van der Waals surface area contributed by atoms with Crippen LogP contribution in [0.1, 0.15) is 84.6 Å². The molecule has 1 saturated heterocycles. The van der Waals surface area contributed by atoms with Crippen LogP contribution in [0.2, 0.25) is 0 Å². The summed E-state index contributed by atoms with van der Waals surface area (Å²) in [6.45, 7) is 1.92. The van der Waals surface area contributed by atoms with Crippen molar-refractivity contribution in [3.05, 3.63) is 70.8 Å². The Bertz CT molecular complexity index is 1020. The molecule has 5 atom stereocenters. The Morgan fingerprint density at radius 1 is 1.06 bits per heavy atom. The van der Waals surface area contributed by atoms with Crippen molar-refractivity contribution in [3.63, 3.8) is 0 Å². The maximum Gasteiger partial charge on any atom is 0.254 e. The van der Waals surface area contributed by atoms with Crippen LogP contribution in [0.3, 0.4) is 0 Å². The van der Waals surface area contributed by atoms with Gasteiger partial charge in [-0.05, 0) is 73.8 Å². The number of nitrogens with one attached hydrogen (secondary N) is 1. The predicted octanol–water partition coefficient (Wildman–Crippen LogP) is 4.28. The topological polar surface area (TPSA) is 75.4 Å². The van der Waals surface area contributed by atoms with Gasteiger partial charge in [-0.3, -0.25) is 9.59 Å². The highest BCUT2D eigenvalue weighted by Gasteiger charge is 2.48. The van der Waals surface area contributed by atoms with E-state index in [1.807, 2.05) is 42.2 Å². The molecular formula is C27H33N3O2. The first kappa shape index (κ1) is 21.2. The van der Waals surface area contributed by atoms with E-state index in [0.29, 0.717) is 11.5 Å². The van der Waals surface area contributed by atoms with Crippen LogP contribution in [-0.2, 0) is 11.2 Å². The minimum Gasteiger partial charge on any atom is -0.347 e. The molecule has 2 amide bonds. The first-order valence-electron chi connectivity index (χ1n) is 12.1. The number of nitrogens with zero attached hydrogens (tertiary/aromatic N) is 1. The van der Waals surface area contributed by atoms with Gasteiger partial charge in [0.2, 0.25) is 5.91 Å². The number of amides is 2. The monoisotopic (exact) mass is 431 g/mol. The zero-order valence-electron chi connectivity index (χ0n) is 18.8. The summed E-state index contributed by atoms with van der Waals surface area (Å²) in [5.41, 5.74) is 10.2. The van der Waals surface area contributed by atoms with E-state index in [1.54, 1.807) is 0 Å². The van der Waals surface area contributed by atoms with Crippen molar-refractivity contribution in [3.8, 4) is 0 Å². The molecule has 1 heterocycles. The van der Waals surface area contributed by atoms with Gasteiger partial charge >= 0.3 is 0 Å². The van der Waals surface area contributed by atoms with Gasteiger partial charge in [-0.1, -0.05) is 49.2 Å². The first-order chi connectivity index (χ1) is 15.5. The molecule has 2 fully saturated rings. The lowest BCUT2D eigenvalue weighted by Gasteiger charge is -2.34. The molecule has 2 aromatic rings. The smallest absolute Gasteiger partial charge is 0.254 e. The molecule has 32 heavy (non-hydrogen) atoms. The van der Waals surface area contributed by atoms with Crippen LogP contribution in [0.5, 0.6) is 0 Å². The summed E-state index contributed by atoms with van der Waals surface area (Å²) in [5.74, 6) is 0.377. The van der Waals surface area contributed by atoms with Crippen molar-refractivity contribution in [2.24, 2.45) is 11.7 Å². The third-order valence-corrected chi connectivity index (χ3v) is 7.73. The highest BCUT2D eigenvalue weighted by atomic mass is 16.2. The van der Waals surface area contributed by atoms with Crippen molar-refractivity contribution in [2.45, 2.75) is 76.0 Å². The second-order valence-electron chi connectivity index (χ2n) is 9.79. The zero-order chi connectivity index (χ0) is 22.2.